The third-order valence-electron chi connectivity index (χ3n) is 4.71. The van der Waals surface area contributed by atoms with E-state index >= 15 is 0 Å². The molecule has 0 fully saturated rings. The van der Waals surface area contributed by atoms with E-state index in [1.54, 1.807) is 0 Å². The van der Waals surface area contributed by atoms with E-state index in [1.165, 1.54) is 0 Å². The van der Waals surface area contributed by atoms with Gasteiger partial charge in [0.05, 0.1) is 27.9 Å². The van der Waals surface area contributed by atoms with E-state index in [1.807, 2.05) is 39.0 Å². The van der Waals surface area contributed by atoms with Gasteiger partial charge in [0.25, 0.3) is 0 Å². The second-order valence-corrected chi connectivity index (χ2v) is 15.7. The summed E-state index contributed by atoms with van der Waals surface area (Å²) in [4.78, 5) is 0. The van der Waals surface area contributed by atoms with Gasteiger partial charge >= 0.3 is 0 Å². The average molecular weight is 370 g/mol. The van der Waals surface area contributed by atoms with Crippen molar-refractivity contribution in [2.75, 3.05) is 0 Å². The molecule has 0 spiro atoms. The highest BCUT2D eigenvalue weighted by molar-refractivity contribution is 7.84. The minimum atomic E-state index is -1.90. The smallest absolute Gasteiger partial charge is 0.192 e. The van der Waals surface area contributed by atoms with Gasteiger partial charge in [0.15, 0.2) is 8.32 Å². The van der Waals surface area contributed by atoms with Crippen LogP contribution in [0.2, 0.25) is 18.1 Å². The van der Waals surface area contributed by atoms with E-state index in [2.05, 4.69) is 57.6 Å². The van der Waals surface area contributed by atoms with Crippen molar-refractivity contribution in [3.63, 3.8) is 0 Å². The fraction of sp³-hybridized carbons (Fsp3) is 0.684. The summed E-state index contributed by atoms with van der Waals surface area (Å²) < 4.78 is 22.2. The lowest BCUT2D eigenvalue weighted by molar-refractivity contribution is 0.163. The van der Waals surface area contributed by atoms with Gasteiger partial charge in [-0.05, 0) is 51.4 Å². The lowest BCUT2D eigenvalue weighted by Gasteiger charge is -2.41. The number of rotatable bonds is 6. The Morgan fingerprint density at radius 3 is 1.96 bits per heavy atom. The first-order valence-corrected chi connectivity index (χ1v) is 12.7. The molecule has 0 aliphatic heterocycles. The molecule has 0 bridgehead atoms. The summed E-state index contributed by atoms with van der Waals surface area (Å²) in [6.45, 7) is 19.3. The predicted octanol–water partition coefficient (Wildman–Crippen LogP) is 5.19. The van der Waals surface area contributed by atoms with Crippen LogP contribution < -0.4 is 4.72 Å². The van der Waals surface area contributed by atoms with Crippen molar-refractivity contribution in [1.82, 2.24) is 4.72 Å². The van der Waals surface area contributed by atoms with Gasteiger partial charge in [0, 0.05) is 0 Å². The third kappa shape index (κ3) is 5.79. The van der Waals surface area contributed by atoms with Crippen LogP contribution in [0.1, 0.15) is 60.1 Å². The summed E-state index contributed by atoms with van der Waals surface area (Å²) in [5, 5.41) is 0.145. The van der Waals surface area contributed by atoms with Gasteiger partial charge in [0.2, 0.25) is 0 Å². The van der Waals surface area contributed by atoms with Crippen molar-refractivity contribution in [2.24, 2.45) is 0 Å². The van der Waals surface area contributed by atoms with Gasteiger partial charge in [-0.3, -0.25) is 0 Å². The lowest BCUT2D eigenvalue weighted by atomic mass is 10.0. The van der Waals surface area contributed by atoms with Crippen LogP contribution in [0.25, 0.3) is 0 Å². The van der Waals surface area contributed by atoms with E-state index in [9.17, 15) is 4.21 Å². The van der Waals surface area contributed by atoms with Crippen molar-refractivity contribution < 1.29 is 8.63 Å². The quantitative estimate of drug-likeness (QED) is 0.701. The molecule has 0 aliphatic carbocycles. The molecule has 0 heterocycles. The van der Waals surface area contributed by atoms with E-state index in [-0.39, 0.29) is 21.9 Å². The fourth-order valence-electron chi connectivity index (χ4n) is 2.10. The third-order valence-corrected chi connectivity index (χ3v) is 10.9. The highest BCUT2D eigenvalue weighted by Gasteiger charge is 2.40. The van der Waals surface area contributed by atoms with Crippen molar-refractivity contribution >= 4 is 19.3 Å². The number of hydrogen-bond acceptors (Lipinski definition) is 2. The largest absolute Gasteiger partial charge is 0.412 e. The maximum atomic E-state index is 12.7. The first-order valence-electron chi connectivity index (χ1n) is 8.66. The highest BCUT2D eigenvalue weighted by Crippen LogP contribution is 2.38. The molecule has 0 saturated heterocycles. The van der Waals surface area contributed by atoms with Gasteiger partial charge in [-0.15, -0.1) is 0 Å². The zero-order valence-corrected chi connectivity index (χ0v) is 18.6. The number of benzene rings is 1. The first-order chi connectivity index (χ1) is 10.8. The molecule has 0 radical (unpaired) electrons. The van der Waals surface area contributed by atoms with Gasteiger partial charge in [0.1, 0.15) is 0 Å². The van der Waals surface area contributed by atoms with Crippen LogP contribution in [0.15, 0.2) is 30.3 Å². The molecule has 1 aromatic rings. The van der Waals surface area contributed by atoms with Crippen LogP contribution in [-0.4, -0.2) is 23.4 Å². The molecule has 5 heteroatoms. The Bertz CT molecular complexity index is 547. The molecule has 3 nitrogen and oxygen atoms in total. The molecular weight excluding hydrogens is 334 g/mol. The fourth-order valence-corrected chi connectivity index (χ4v) is 4.43. The molecular formula is C19H35NO2SSi. The molecule has 1 N–H and O–H groups in total. The molecule has 1 rings (SSSR count). The van der Waals surface area contributed by atoms with Gasteiger partial charge in [-0.1, -0.05) is 51.1 Å². The predicted molar refractivity (Wildman–Crippen MR) is 108 cm³/mol. The second-order valence-electron chi connectivity index (χ2n) is 8.97. The topological polar surface area (TPSA) is 38.3 Å². The Balaban J connectivity index is 3.08. The lowest BCUT2D eigenvalue weighted by Crippen LogP contribution is -2.48. The molecule has 0 saturated carbocycles. The van der Waals surface area contributed by atoms with Crippen molar-refractivity contribution in [3.05, 3.63) is 35.9 Å². The Labute approximate surface area is 152 Å². The van der Waals surface area contributed by atoms with E-state index in [4.69, 9.17) is 4.43 Å². The standard InChI is InChI=1S/C19H35NO2SSi/c1-15(22-24(8,9)19(5,6)7)17(16-13-11-10-12-14-16)20-23(21)18(2,3)4/h10-15,17,20H,1-9H3/t15-,17+,23-/m0/s1. The summed E-state index contributed by atoms with van der Waals surface area (Å²) >= 11 is 0. The Hall–Kier alpha value is -0.493. The summed E-state index contributed by atoms with van der Waals surface area (Å²) in [7, 11) is -3.05. The summed E-state index contributed by atoms with van der Waals surface area (Å²) in [5.41, 5.74) is 1.11. The molecule has 24 heavy (non-hydrogen) atoms. The van der Waals surface area contributed by atoms with Crippen molar-refractivity contribution in [1.29, 1.82) is 0 Å². The monoisotopic (exact) mass is 369 g/mol. The Morgan fingerprint density at radius 2 is 1.54 bits per heavy atom. The second kappa shape index (κ2) is 7.81. The molecule has 0 unspecified atom stereocenters. The van der Waals surface area contributed by atoms with Crippen LogP contribution in [0.4, 0.5) is 0 Å². The average Bonchev–Trinajstić information content (AvgIpc) is 2.42. The molecule has 1 aromatic carbocycles. The molecule has 0 aromatic heterocycles. The summed E-state index contributed by atoms with van der Waals surface area (Å²) in [5.74, 6) is 0. The highest BCUT2D eigenvalue weighted by atomic mass is 32.2. The Morgan fingerprint density at radius 1 is 1.04 bits per heavy atom. The zero-order valence-electron chi connectivity index (χ0n) is 16.8. The van der Waals surface area contributed by atoms with E-state index < -0.39 is 19.3 Å². The van der Waals surface area contributed by atoms with Crippen LogP contribution in [0.3, 0.4) is 0 Å². The van der Waals surface area contributed by atoms with Crippen LogP contribution in [0, 0.1) is 0 Å². The maximum absolute atomic E-state index is 12.7. The molecule has 138 valence electrons. The van der Waals surface area contributed by atoms with Gasteiger partial charge in [-0.2, -0.15) is 0 Å². The van der Waals surface area contributed by atoms with Crippen molar-refractivity contribution in [3.8, 4) is 0 Å². The van der Waals surface area contributed by atoms with Crippen molar-refractivity contribution in [2.45, 2.75) is 83.5 Å². The molecule has 0 aliphatic rings. The Kier molecular flexibility index (Phi) is 7.01. The van der Waals surface area contributed by atoms with Gasteiger partial charge in [-0.25, -0.2) is 8.93 Å². The minimum Gasteiger partial charge on any atom is -0.412 e. The van der Waals surface area contributed by atoms with Crippen LogP contribution in [-0.2, 0) is 15.4 Å². The zero-order chi connectivity index (χ0) is 18.8. The summed E-state index contributed by atoms with van der Waals surface area (Å²) in [6.07, 6.45) is -0.0559. The maximum Gasteiger partial charge on any atom is 0.192 e. The number of hydrogen-bond donors (Lipinski definition) is 1. The first kappa shape index (κ1) is 21.5. The SMILES string of the molecule is C[C@H](O[Si](C)(C)C(C)(C)C)[C@@H](N[S@@](=O)C(C)(C)C)c1ccccc1. The number of nitrogens with one attached hydrogen (secondary N) is 1. The minimum absolute atomic E-state index is 0.0559. The van der Waals surface area contributed by atoms with Crippen LogP contribution in [0.5, 0.6) is 0 Å². The van der Waals surface area contributed by atoms with Crippen LogP contribution >= 0.6 is 0 Å². The van der Waals surface area contributed by atoms with E-state index in [0.717, 1.165) is 5.56 Å². The van der Waals surface area contributed by atoms with Gasteiger partial charge < -0.3 is 4.43 Å². The normalized spacial score (nSPS) is 17.4. The van der Waals surface area contributed by atoms with E-state index in [0.29, 0.717) is 0 Å². The summed E-state index contributed by atoms with van der Waals surface area (Å²) in [6, 6.07) is 10.1. The molecule has 3 atom stereocenters. The molecule has 0 amide bonds.